The van der Waals surface area contributed by atoms with E-state index in [9.17, 15) is 5.11 Å². The van der Waals surface area contributed by atoms with Gasteiger partial charge in [-0.3, -0.25) is 0 Å². The molecular weight excluding hydrogens is 374 g/mol. The molecule has 0 atom stereocenters. The Morgan fingerprint density at radius 2 is 1.57 bits per heavy atom. The summed E-state index contributed by atoms with van der Waals surface area (Å²) in [6.45, 7) is 8.16. The number of phenols is 1. The van der Waals surface area contributed by atoms with Gasteiger partial charge in [0.1, 0.15) is 0 Å². The van der Waals surface area contributed by atoms with E-state index in [-0.39, 0.29) is 18.2 Å². The number of hydrogen-bond donors (Lipinski definition) is 1. The van der Waals surface area contributed by atoms with Crippen molar-refractivity contribution in [2.45, 2.75) is 39.5 Å². The molecule has 0 amide bonds. The van der Waals surface area contributed by atoms with Crippen molar-refractivity contribution < 1.29 is 14.6 Å². The second kappa shape index (κ2) is 13.3. The Hall–Kier alpha value is -1.91. The molecular formula is C23H34ClNO3. The molecule has 4 nitrogen and oxygen atoms in total. The fourth-order valence-corrected chi connectivity index (χ4v) is 3.28. The van der Waals surface area contributed by atoms with E-state index in [0.29, 0.717) is 18.1 Å². The van der Waals surface area contributed by atoms with E-state index in [1.165, 1.54) is 5.56 Å². The van der Waals surface area contributed by atoms with E-state index in [1.54, 1.807) is 13.2 Å². The standard InChI is InChI=1S/C23H33NO3.ClH/c1-4-13-24(14-5-2)15-11-20-17-21(25)23(26-3)22(18-20)27-16-12-19-9-7-6-8-10-19;/h6-10,17-18,25H,4-5,11-16H2,1-3H3;1H. The molecule has 0 radical (unpaired) electrons. The van der Waals surface area contributed by atoms with Gasteiger partial charge in [-0.25, -0.2) is 0 Å². The molecule has 0 aromatic heterocycles. The van der Waals surface area contributed by atoms with Gasteiger partial charge in [0, 0.05) is 13.0 Å². The molecule has 28 heavy (non-hydrogen) atoms. The van der Waals surface area contributed by atoms with Crippen LogP contribution in [0.2, 0.25) is 0 Å². The maximum atomic E-state index is 10.3. The summed E-state index contributed by atoms with van der Waals surface area (Å²) in [7, 11) is 1.56. The van der Waals surface area contributed by atoms with E-state index in [1.807, 2.05) is 24.3 Å². The number of rotatable bonds is 12. The number of methoxy groups -OCH3 is 1. The van der Waals surface area contributed by atoms with Crippen LogP contribution in [0.1, 0.15) is 37.8 Å². The highest BCUT2D eigenvalue weighted by Crippen LogP contribution is 2.38. The summed E-state index contributed by atoms with van der Waals surface area (Å²) in [4.78, 5) is 2.47. The molecule has 2 aromatic rings. The summed E-state index contributed by atoms with van der Waals surface area (Å²) in [5, 5.41) is 10.3. The first-order valence-electron chi connectivity index (χ1n) is 9.96. The minimum absolute atomic E-state index is 0. The van der Waals surface area contributed by atoms with Crippen LogP contribution in [0, 0.1) is 0 Å². The third kappa shape index (κ3) is 7.61. The number of hydrogen-bond acceptors (Lipinski definition) is 4. The summed E-state index contributed by atoms with van der Waals surface area (Å²) in [6, 6.07) is 14.0. The third-order valence-electron chi connectivity index (χ3n) is 4.59. The summed E-state index contributed by atoms with van der Waals surface area (Å²) in [5.41, 5.74) is 2.30. The van der Waals surface area contributed by atoms with Crippen molar-refractivity contribution >= 4 is 12.4 Å². The molecule has 0 saturated carbocycles. The number of halogens is 1. The zero-order valence-corrected chi connectivity index (χ0v) is 18.1. The molecule has 0 bridgehead atoms. The predicted molar refractivity (Wildman–Crippen MR) is 118 cm³/mol. The number of phenolic OH excluding ortho intramolecular Hbond substituents is 1. The number of nitrogens with zero attached hydrogens (tertiary/aromatic N) is 1. The molecule has 2 rings (SSSR count). The van der Waals surface area contributed by atoms with Crippen molar-refractivity contribution in [1.29, 1.82) is 0 Å². The molecule has 0 aliphatic heterocycles. The average molecular weight is 408 g/mol. The Kier molecular flexibility index (Phi) is 11.5. The van der Waals surface area contributed by atoms with E-state index in [0.717, 1.165) is 50.9 Å². The molecule has 0 saturated heterocycles. The molecule has 1 N–H and O–H groups in total. The van der Waals surface area contributed by atoms with Crippen molar-refractivity contribution in [2.75, 3.05) is 33.4 Å². The molecule has 0 spiro atoms. The van der Waals surface area contributed by atoms with Crippen molar-refractivity contribution in [3.8, 4) is 17.2 Å². The monoisotopic (exact) mass is 407 g/mol. The smallest absolute Gasteiger partial charge is 0.203 e. The SMILES string of the molecule is CCCN(CCC)CCc1cc(O)c(OC)c(OCCc2ccccc2)c1.Cl. The first-order valence-corrected chi connectivity index (χ1v) is 9.96. The lowest BCUT2D eigenvalue weighted by molar-refractivity contribution is 0.276. The first-order chi connectivity index (χ1) is 13.2. The highest BCUT2D eigenvalue weighted by molar-refractivity contribution is 5.85. The van der Waals surface area contributed by atoms with Gasteiger partial charge in [0.05, 0.1) is 13.7 Å². The van der Waals surface area contributed by atoms with Crippen LogP contribution in [0.5, 0.6) is 17.2 Å². The molecule has 0 heterocycles. The van der Waals surface area contributed by atoms with Gasteiger partial charge >= 0.3 is 0 Å². The van der Waals surface area contributed by atoms with Crippen molar-refractivity contribution in [2.24, 2.45) is 0 Å². The maximum Gasteiger partial charge on any atom is 0.203 e. The average Bonchev–Trinajstić information content (AvgIpc) is 2.67. The molecule has 2 aromatic carbocycles. The second-order valence-electron chi connectivity index (χ2n) is 6.82. The van der Waals surface area contributed by atoms with Crippen molar-refractivity contribution in [3.63, 3.8) is 0 Å². The van der Waals surface area contributed by atoms with Crippen LogP contribution in [0.4, 0.5) is 0 Å². The van der Waals surface area contributed by atoms with Crippen molar-refractivity contribution in [3.05, 3.63) is 53.6 Å². The van der Waals surface area contributed by atoms with Gasteiger partial charge < -0.3 is 19.5 Å². The van der Waals surface area contributed by atoms with E-state index < -0.39 is 0 Å². The fraction of sp³-hybridized carbons (Fsp3) is 0.478. The van der Waals surface area contributed by atoms with E-state index in [4.69, 9.17) is 9.47 Å². The minimum Gasteiger partial charge on any atom is -0.504 e. The largest absolute Gasteiger partial charge is 0.504 e. The minimum atomic E-state index is 0. The van der Waals surface area contributed by atoms with Crippen molar-refractivity contribution in [1.82, 2.24) is 4.90 Å². The Balaban J connectivity index is 0.00000392. The number of ether oxygens (including phenoxy) is 2. The Morgan fingerprint density at radius 1 is 0.893 bits per heavy atom. The lowest BCUT2D eigenvalue weighted by atomic mass is 10.1. The highest BCUT2D eigenvalue weighted by atomic mass is 35.5. The zero-order valence-electron chi connectivity index (χ0n) is 17.3. The van der Waals surface area contributed by atoms with Crippen LogP contribution in [-0.4, -0.2) is 43.4 Å². The molecule has 0 aliphatic carbocycles. The van der Waals surface area contributed by atoms with Gasteiger partial charge in [-0.1, -0.05) is 44.2 Å². The normalized spacial score (nSPS) is 10.6. The molecule has 0 aliphatic rings. The van der Waals surface area contributed by atoms with Crippen LogP contribution in [0.25, 0.3) is 0 Å². The van der Waals surface area contributed by atoms with Crippen LogP contribution in [0.3, 0.4) is 0 Å². The van der Waals surface area contributed by atoms with E-state index in [2.05, 4.69) is 30.9 Å². The number of aromatic hydroxyl groups is 1. The number of benzene rings is 2. The van der Waals surface area contributed by atoms with Gasteiger partial charge in [0.15, 0.2) is 11.5 Å². The summed E-state index contributed by atoms with van der Waals surface area (Å²) in [6.07, 6.45) is 4.01. The van der Waals surface area contributed by atoms with Gasteiger partial charge in [0.2, 0.25) is 5.75 Å². The maximum absolute atomic E-state index is 10.3. The molecule has 5 heteroatoms. The Bertz CT molecular complexity index is 673. The zero-order chi connectivity index (χ0) is 19.5. The quantitative estimate of drug-likeness (QED) is 0.531. The predicted octanol–water partition coefficient (Wildman–Crippen LogP) is 5.11. The fourth-order valence-electron chi connectivity index (χ4n) is 3.28. The molecule has 0 fully saturated rings. The summed E-state index contributed by atoms with van der Waals surface area (Å²) >= 11 is 0. The van der Waals surface area contributed by atoms with Gasteiger partial charge in [0.25, 0.3) is 0 Å². The van der Waals surface area contributed by atoms with Gasteiger partial charge in [-0.15, -0.1) is 12.4 Å². The molecule has 156 valence electrons. The van der Waals surface area contributed by atoms with Crippen LogP contribution in [-0.2, 0) is 12.8 Å². The Labute approximate surface area is 175 Å². The lowest BCUT2D eigenvalue weighted by Crippen LogP contribution is -2.27. The molecule has 0 unspecified atom stereocenters. The van der Waals surface area contributed by atoms with Gasteiger partial charge in [-0.2, -0.15) is 0 Å². The summed E-state index contributed by atoms with van der Waals surface area (Å²) in [5.74, 6) is 1.16. The topological polar surface area (TPSA) is 41.9 Å². The van der Waals surface area contributed by atoms with Crippen LogP contribution >= 0.6 is 12.4 Å². The second-order valence-corrected chi connectivity index (χ2v) is 6.82. The Morgan fingerprint density at radius 3 is 2.18 bits per heavy atom. The highest BCUT2D eigenvalue weighted by Gasteiger charge is 2.13. The van der Waals surface area contributed by atoms with Crippen LogP contribution < -0.4 is 9.47 Å². The summed E-state index contributed by atoms with van der Waals surface area (Å²) < 4.78 is 11.3. The first kappa shape index (κ1) is 24.1. The van der Waals surface area contributed by atoms with Crippen LogP contribution in [0.15, 0.2) is 42.5 Å². The third-order valence-corrected chi connectivity index (χ3v) is 4.59. The van der Waals surface area contributed by atoms with Gasteiger partial charge in [-0.05, 0) is 55.6 Å². The van der Waals surface area contributed by atoms with E-state index >= 15 is 0 Å². The lowest BCUT2D eigenvalue weighted by Gasteiger charge is -2.21.